The molecule has 2 bridgehead atoms. The Labute approximate surface area is 313 Å². The molecule has 1 amide bonds. The van der Waals surface area contributed by atoms with Crippen LogP contribution < -0.4 is 14.4 Å². The molecule has 1 saturated heterocycles. The zero-order chi connectivity index (χ0) is 37.0. The van der Waals surface area contributed by atoms with E-state index in [1.807, 2.05) is 25.1 Å². The van der Waals surface area contributed by atoms with E-state index in [-0.39, 0.29) is 29.7 Å². The summed E-state index contributed by atoms with van der Waals surface area (Å²) in [6, 6.07) is 11.1. The van der Waals surface area contributed by atoms with E-state index < -0.39 is 32.8 Å². The Morgan fingerprint density at radius 1 is 0.981 bits per heavy atom. The van der Waals surface area contributed by atoms with E-state index >= 15 is 0 Å². The van der Waals surface area contributed by atoms with Gasteiger partial charge in [-0.3, -0.25) is 14.5 Å². The summed E-state index contributed by atoms with van der Waals surface area (Å²) in [6.45, 7) is 9.39. The number of hydrogen-bond acceptors (Lipinski definition) is 9. The minimum Gasteiger partial charge on any atom is -0.487 e. The Hall–Kier alpha value is -2.90. The predicted octanol–water partition coefficient (Wildman–Crippen LogP) is 5.18. The molecule has 52 heavy (non-hydrogen) atoms. The van der Waals surface area contributed by atoms with Crippen molar-refractivity contribution in [1.82, 2.24) is 14.5 Å². The maximum atomic E-state index is 13.5. The van der Waals surface area contributed by atoms with Crippen molar-refractivity contribution in [2.75, 3.05) is 57.3 Å². The van der Waals surface area contributed by atoms with Crippen molar-refractivity contribution >= 4 is 39.2 Å². The SMILES string of the molecule is C[C@@H]1[C@@H](C)CCCC(O)(CN2CCN(CCC(=O)O)CC2)[C@@H]2CC[C@H]2CN2CCCCc3cc(Cl)ccc3COc3ccc(cc32)C(=O)NS1(=O)=O. The van der Waals surface area contributed by atoms with E-state index in [0.29, 0.717) is 62.8 Å². The van der Waals surface area contributed by atoms with E-state index in [0.717, 1.165) is 75.1 Å². The van der Waals surface area contributed by atoms with Gasteiger partial charge in [0.05, 0.1) is 23.0 Å². The Balaban J connectivity index is 1.31. The smallest absolute Gasteiger partial charge is 0.304 e. The molecule has 0 spiro atoms. The molecule has 1 unspecified atom stereocenters. The first-order valence-electron chi connectivity index (χ1n) is 19.1. The maximum absolute atomic E-state index is 13.5. The lowest BCUT2D eigenvalue weighted by Crippen LogP contribution is -2.58. The number of nitrogens with zero attached hydrogens (tertiary/aromatic N) is 3. The first-order valence-corrected chi connectivity index (χ1v) is 21.0. The van der Waals surface area contributed by atoms with Gasteiger partial charge in [0.1, 0.15) is 12.4 Å². The number of carbonyl (C=O) groups is 2. The van der Waals surface area contributed by atoms with Gasteiger partial charge in [-0.15, -0.1) is 0 Å². The number of aryl methyl sites for hydroxylation is 1. The molecule has 286 valence electrons. The number of amides is 1. The number of β-amino-alcohol motifs (C(OH)–C–C–N with tert-alkyl or cyclic N) is 1. The largest absolute Gasteiger partial charge is 0.487 e. The minimum atomic E-state index is -3.98. The van der Waals surface area contributed by atoms with Gasteiger partial charge < -0.3 is 24.7 Å². The molecule has 1 saturated carbocycles. The highest BCUT2D eigenvalue weighted by molar-refractivity contribution is 7.90. The van der Waals surface area contributed by atoms with Gasteiger partial charge in [-0.2, -0.15) is 0 Å². The first-order chi connectivity index (χ1) is 24.8. The number of fused-ring (bicyclic) bond motifs is 3. The van der Waals surface area contributed by atoms with Gasteiger partial charge in [-0.1, -0.05) is 31.0 Å². The Kier molecular flexibility index (Phi) is 12.4. The lowest BCUT2D eigenvalue weighted by atomic mass is 9.62. The van der Waals surface area contributed by atoms with Crippen LogP contribution in [0.15, 0.2) is 36.4 Å². The molecule has 3 N–H and O–H groups in total. The molecule has 2 fully saturated rings. The third-order valence-corrected chi connectivity index (χ3v) is 14.3. The van der Waals surface area contributed by atoms with Crippen molar-refractivity contribution in [3.63, 3.8) is 0 Å². The number of carboxylic acid groups (broad SMARTS) is 1. The average molecular weight is 759 g/mol. The number of carbonyl (C=O) groups excluding carboxylic acids is 1. The number of rotatable bonds is 5. The van der Waals surface area contributed by atoms with Gasteiger partial charge >= 0.3 is 5.97 Å². The molecule has 2 aromatic rings. The summed E-state index contributed by atoms with van der Waals surface area (Å²) in [5.74, 6) is -0.772. The van der Waals surface area contributed by atoms with Gasteiger partial charge in [0, 0.05) is 62.9 Å². The molecule has 13 heteroatoms. The van der Waals surface area contributed by atoms with Crippen LogP contribution in [0.3, 0.4) is 0 Å². The van der Waals surface area contributed by atoms with Gasteiger partial charge in [-0.25, -0.2) is 13.1 Å². The number of sulfonamides is 1. The summed E-state index contributed by atoms with van der Waals surface area (Å²) in [7, 11) is -3.98. The van der Waals surface area contributed by atoms with Crippen LogP contribution in [0.2, 0.25) is 5.02 Å². The first kappa shape index (κ1) is 38.8. The van der Waals surface area contributed by atoms with Crippen molar-refractivity contribution in [3.8, 4) is 5.75 Å². The minimum absolute atomic E-state index is 0.0577. The van der Waals surface area contributed by atoms with Crippen molar-refractivity contribution in [1.29, 1.82) is 0 Å². The van der Waals surface area contributed by atoms with Gasteiger partial charge in [0.2, 0.25) is 10.0 Å². The molecule has 3 aliphatic heterocycles. The highest BCUT2D eigenvalue weighted by Gasteiger charge is 2.48. The number of ether oxygens (including phenoxy) is 1. The number of aliphatic carboxylic acids is 1. The van der Waals surface area contributed by atoms with Gasteiger partial charge in [-0.05, 0) is 111 Å². The third-order valence-electron chi connectivity index (χ3n) is 12.2. The highest BCUT2D eigenvalue weighted by Crippen LogP contribution is 2.46. The summed E-state index contributed by atoms with van der Waals surface area (Å²) in [5, 5.41) is 21.7. The fourth-order valence-electron chi connectivity index (χ4n) is 8.60. The van der Waals surface area contributed by atoms with Gasteiger partial charge in [0.25, 0.3) is 5.91 Å². The number of anilines is 1. The standard InChI is InChI=1S/C39H55ClN4O7S/c1-27-6-5-15-39(48,26-43-20-18-42(19-21-43)17-14-37(45)46)34-12-9-31(34)24-44-16-4-3-7-29-22-33(40)11-8-32(29)25-51-36-13-10-30(23-35(36)44)38(47)41-52(49,50)28(27)2/h8,10-11,13,22-23,27-28,31,34,48H,3-7,9,12,14-21,24-26H2,1-2H3,(H,41,47)(H,45,46)/t27-,28+,31-,34+,39?/m0/s1. The molecule has 4 aliphatic rings. The van der Waals surface area contributed by atoms with E-state index in [1.165, 1.54) is 0 Å². The number of benzene rings is 2. The second-order valence-corrected chi connectivity index (χ2v) is 18.1. The molecular formula is C39H55ClN4O7S. The summed E-state index contributed by atoms with van der Waals surface area (Å²) in [6.07, 6.45) is 6.53. The molecule has 0 aromatic heterocycles. The van der Waals surface area contributed by atoms with Crippen molar-refractivity contribution < 1.29 is 33.0 Å². The second kappa shape index (κ2) is 16.6. The molecule has 5 atom stereocenters. The fraction of sp³-hybridized carbons (Fsp3) is 0.641. The topological polar surface area (TPSA) is 140 Å². The summed E-state index contributed by atoms with van der Waals surface area (Å²) >= 11 is 6.37. The second-order valence-electron chi connectivity index (χ2n) is 15.6. The number of halogens is 1. The van der Waals surface area contributed by atoms with E-state index in [9.17, 15) is 23.1 Å². The molecule has 3 heterocycles. The van der Waals surface area contributed by atoms with Crippen LogP contribution in [-0.4, -0.2) is 104 Å². The quantitative estimate of drug-likeness (QED) is 0.374. The zero-order valence-electron chi connectivity index (χ0n) is 30.6. The molecular weight excluding hydrogens is 704 g/mol. The Bertz CT molecular complexity index is 1700. The zero-order valence-corrected chi connectivity index (χ0v) is 32.1. The average Bonchev–Trinajstić information content (AvgIpc) is 3.11. The van der Waals surface area contributed by atoms with Crippen LogP contribution in [0.4, 0.5) is 5.69 Å². The monoisotopic (exact) mass is 758 g/mol. The van der Waals surface area contributed by atoms with Gasteiger partial charge in [0.15, 0.2) is 0 Å². The summed E-state index contributed by atoms with van der Waals surface area (Å²) < 4.78 is 35.9. The normalized spacial score (nSPS) is 29.3. The van der Waals surface area contributed by atoms with Crippen LogP contribution >= 0.6 is 11.6 Å². The maximum Gasteiger partial charge on any atom is 0.304 e. The lowest BCUT2D eigenvalue weighted by Gasteiger charge is -2.51. The summed E-state index contributed by atoms with van der Waals surface area (Å²) in [5.41, 5.74) is 2.26. The third kappa shape index (κ3) is 9.24. The molecule has 0 radical (unpaired) electrons. The number of piperazine rings is 1. The number of carboxylic acids is 1. The Morgan fingerprint density at radius 2 is 1.75 bits per heavy atom. The highest BCUT2D eigenvalue weighted by atomic mass is 35.5. The number of hydrogen-bond donors (Lipinski definition) is 3. The number of aliphatic hydroxyl groups is 1. The van der Waals surface area contributed by atoms with Crippen LogP contribution in [0, 0.1) is 17.8 Å². The number of nitrogens with one attached hydrogen (secondary N) is 1. The molecule has 6 rings (SSSR count). The van der Waals surface area contributed by atoms with Crippen LogP contribution in [0.5, 0.6) is 5.75 Å². The molecule has 1 aliphatic carbocycles. The van der Waals surface area contributed by atoms with Crippen LogP contribution in [0.25, 0.3) is 0 Å². The predicted molar refractivity (Wildman–Crippen MR) is 203 cm³/mol. The van der Waals surface area contributed by atoms with E-state index in [1.54, 1.807) is 25.1 Å². The van der Waals surface area contributed by atoms with Crippen molar-refractivity contribution in [3.05, 3.63) is 58.1 Å². The summed E-state index contributed by atoms with van der Waals surface area (Å²) in [4.78, 5) is 31.5. The Morgan fingerprint density at radius 3 is 2.48 bits per heavy atom. The van der Waals surface area contributed by atoms with E-state index in [2.05, 4.69) is 19.4 Å². The van der Waals surface area contributed by atoms with E-state index in [4.69, 9.17) is 21.4 Å². The van der Waals surface area contributed by atoms with Crippen LogP contribution in [-0.2, 0) is 27.8 Å². The fourth-order valence-corrected chi connectivity index (χ4v) is 10.1. The van der Waals surface area contributed by atoms with Crippen molar-refractivity contribution in [2.24, 2.45) is 17.8 Å². The van der Waals surface area contributed by atoms with Crippen molar-refractivity contribution in [2.45, 2.75) is 89.1 Å². The lowest BCUT2D eigenvalue weighted by molar-refractivity contribution is -0.137. The van der Waals surface area contributed by atoms with Crippen LogP contribution in [0.1, 0.15) is 86.7 Å². The molecule has 11 nitrogen and oxygen atoms in total. The molecule has 2 aromatic carbocycles.